The average Bonchev–Trinajstić information content (AvgIpc) is 2.86. The first-order valence-electron chi connectivity index (χ1n) is 7.50. The second-order valence-electron chi connectivity index (χ2n) is 5.83. The Labute approximate surface area is 121 Å². The third-order valence-electron chi connectivity index (χ3n) is 4.40. The van der Waals surface area contributed by atoms with E-state index in [1.54, 1.807) is 11.3 Å². The first kappa shape index (κ1) is 14.9. The van der Waals surface area contributed by atoms with Crippen LogP contribution in [0.2, 0.25) is 0 Å². The molecule has 1 aliphatic rings. The Morgan fingerprint density at radius 3 is 2.68 bits per heavy atom. The molecule has 1 atom stereocenters. The van der Waals surface area contributed by atoms with Crippen LogP contribution in [0.15, 0.2) is 6.20 Å². The fourth-order valence-corrected chi connectivity index (χ4v) is 3.84. The predicted octanol–water partition coefficient (Wildman–Crippen LogP) is 3.41. The van der Waals surface area contributed by atoms with Gasteiger partial charge in [-0.15, -0.1) is 11.3 Å². The summed E-state index contributed by atoms with van der Waals surface area (Å²) in [4.78, 5) is 5.75. The highest BCUT2D eigenvalue weighted by Gasteiger charge is 2.29. The smallest absolute Gasteiger partial charge is 0.109 e. The van der Waals surface area contributed by atoms with Crippen molar-refractivity contribution >= 4 is 11.3 Å². The van der Waals surface area contributed by atoms with E-state index in [2.05, 4.69) is 36.5 Å². The van der Waals surface area contributed by atoms with E-state index >= 15 is 0 Å². The van der Waals surface area contributed by atoms with Gasteiger partial charge in [0.2, 0.25) is 0 Å². The fraction of sp³-hybridized carbons (Fsp3) is 0.800. The molecule has 4 heteroatoms. The van der Waals surface area contributed by atoms with Crippen LogP contribution in [0.1, 0.15) is 61.4 Å². The normalized spacial score (nSPS) is 20.4. The third kappa shape index (κ3) is 4.01. The number of hydrogen-bond donors (Lipinski definition) is 2. The van der Waals surface area contributed by atoms with Crippen LogP contribution in [-0.2, 0) is 0 Å². The summed E-state index contributed by atoms with van der Waals surface area (Å²) in [5.74, 6) is 0. The Bertz CT molecular complexity index is 382. The van der Waals surface area contributed by atoms with Crippen LogP contribution in [0.5, 0.6) is 0 Å². The van der Waals surface area contributed by atoms with E-state index in [0.29, 0.717) is 11.6 Å². The summed E-state index contributed by atoms with van der Waals surface area (Å²) in [6.07, 6.45) is 10.0. The number of nitrogens with one attached hydrogen (secondary N) is 2. The van der Waals surface area contributed by atoms with Crippen molar-refractivity contribution in [1.82, 2.24) is 15.6 Å². The topological polar surface area (TPSA) is 37.0 Å². The summed E-state index contributed by atoms with van der Waals surface area (Å²) < 4.78 is 0. The van der Waals surface area contributed by atoms with Gasteiger partial charge in [-0.05, 0) is 46.7 Å². The molecule has 3 nitrogen and oxygen atoms in total. The second kappa shape index (κ2) is 6.82. The van der Waals surface area contributed by atoms with E-state index in [-0.39, 0.29) is 0 Å². The maximum atomic E-state index is 4.46. The Morgan fingerprint density at radius 1 is 1.37 bits per heavy atom. The van der Waals surface area contributed by atoms with Crippen molar-refractivity contribution in [3.63, 3.8) is 0 Å². The van der Waals surface area contributed by atoms with Crippen molar-refractivity contribution < 1.29 is 0 Å². The molecule has 0 aromatic carbocycles. The van der Waals surface area contributed by atoms with Gasteiger partial charge in [0.05, 0.1) is 6.04 Å². The van der Waals surface area contributed by atoms with Gasteiger partial charge in [0.25, 0.3) is 0 Å². The van der Waals surface area contributed by atoms with Crippen molar-refractivity contribution in [2.24, 2.45) is 0 Å². The number of aromatic nitrogens is 1. The van der Waals surface area contributed by atoms with Crippen molar-refractivity contribution in [2.45, 2.75) is 64.0 Å². The highest BCUT2D eigenvalue weighted by atomic mass is 32.1. The quantitative estimate of drug-likeness (QED) is 0.839. The molecule has 19 heavy (non-hydrogen) atoms. The maximum Gasteiger partial charge on any atom is 0.109 e. The van der Waals surface area contributed by atoms with E-state index in [1.165, 1.54) is 48.4 Å². The molecule has 1 aromatic rings. The molecule has 0 amide bonds. The van der Waals surface area contributed by atoms with Crippen LogP contribution in [0, 0.1) is 6.92 Å². The van der Waals surface area contributed by atoms with Gasteiger partial charge in [-0.3, -0.25) is 0 Å². The number of rotatable bonds is 6. The molecule has 1 aliphatic carbocycles. The van der Waals surface area contributed by atoms with Gasteiger partial charge in [-0.25, -0.2) is 4.98 Å². The van der Waals surface area contributed by atoms with Crippen molar-refractivity contribution in [3.8, 4) is 0 Å². The molecule has 0 radical (unpaired) electrons. The van der Waals surface area contributed by atoms with Gasteiger partial charge in [-0.1, -0.05) is 19.3 Å². The Balaban J connectivity index is 1.78. The summed E-state index contributed by atoms with van der Waals surface area (Å²) >= 11 is 1.80. The lowest BCUT2D eigenvalue weighted by Crippen LogP contribution is -2.46. The molecule has 1 fully saturated rings. The van der Waals surface area contributed by atoms with Crippen LogP contribution >= 0.6 is 11.3 Å². The molecule has 1 saturated carbocycles. The number of aryl methyl sites for hydroxylation is 1. The SMILES string of the molecule is CNC1(CCNC(C)c2ncc(C)s2)CCCCC1. The molecule has 0 aliphatic heterocycles. The van der Waals surface area contributed by atoms with E-state index in [4.69, 9.17) is 0 Å². The zero-order valence-corrected chi connectivity index (χ0v) is 13.3. The average molecular weight is 281 g/mol. The van der Waals surface area contributed by atoms with Crippen LogP contribution in [0.25, 0.3) is 0 Å². The standard InChI is InChI=1S/C15H27N3S/c1-12-11-18-14(19-12)13(2)17-10-9-15(16-3)7-5-4-6-8-15/h11,13,16-17H,4-10H2,1-3H3. The molecule has 0 bridgehead atoms. The second-order valence-corrected chi connectivity index (χ2v) is 7.09. The number of hydrogen-bond acceptors (Lipinski definition) is 4. The molecule has 108 valence electrons. The zero-order valence-electron chi connectivity index (χ0n) is 12.5. The van der Waals surface area contributed by atoms with Crippen molar-refractivity contribution in [1.29, 1.82) is 0 Å². The van der Waals surface area contributed by atoms with Crippen molar-refractivity contribution in [2.75, 3.05) is 13.6 Å². The molecule has 1 unspecified atom stereocenters. The molecular weight excluding hydrogens is 254 g/mol. The van der Waals surface area contributed by atoms with Gasteiger partial charge >= 0.3 is 0 Å². The molecule has 0 spiro atoms. The summed E-state index contributed by atoms with van der Waals surface area (Å²) in [7, 11) is 2.12. The highest BCUT2D eigenvalue weighted by molar-refractivity contribution is 7.11. The number of nitrogens with zero attached hydrogens (tertiary/aromatic N) is 1. The van der Waals surface area contributed by atoms with Gasteiger partial charge in [0.1, 0.15) is 5.01 Å². The largest absolute Gasteiger partial charge is 0.314 e. The molecule has 2 rings (SSSR count). The molecule has 1 heterocycles. The molecule has 1 aromatic heterocycles. The first-order chi connectivity index (χ1) is 9.15. The van der Waals surface area contributed by atoms with Gasteiger partial charge in [0.15, 0.2) is 0 Å². The summed E-state index contributed by atoms with van der Waals surface area (Å²) in [6.45, 7) is 5.40. The summed E-state index contributed by atoms with van der Waals surface area (Å²) in [5, 5.41) is 8.42. The minimum atomic E-state index is 0.371. The van der Waals surface area contributed by atoms with Gasteiger partial charge in [-0.2, -0.15) is 0 Å². The molecular formula is C15H27N3S. The lowest BCUT2D eigenvalue weighted by Gasteiger charge is -2.37. The fourth-order valence-electron chi connectivity index (χ4n) is 3.04. The highest BCUT2D eigenvalue weighted by Crippen LogP contribution is 2.30. The first-order valence-corrected chi connectivity index (χ1v) is 8.31. The number of thiazole rings is 1. The summed E-state index contributed by atoms with van der Waals surface area (Å²) in [6, 6.07) is 0.371. The Kier molecular flexibility index (Phi) is 5.37. The minimum Gasteiger partial charge on any atom is -0.314 e. The van der Waals surface area contributed by atoms with E-state index in [0.717, 1.165) is 6.54 Å². The van der Waals surface area contributed by atoms with Crippen LogP contribution in [0.3, 0.4) is 0 Å². The van der Waals surface area contributed by atoms with E-state index in [1.807, 2.05) is 6.20 Å². The molecule has 0 saturated heterocycles. The van der Waals surface area contributed by atoms with Crippen LogP contribution in [-0.4, -0.2) is 24.1 Å². The lowest BCUT2D eigenvalue weighted by molar-refractivity contribution is 0.226. The van der Waals surface area contributed by atoms with Crippen LogP contribution in [0.4, 0.5) is 0 Å². The van der Waals surface area contributed by atoms with E-state index in [9.17, 15) is 0 Å². The third-order valence-corrected chi connectivity index (χ3v) is 5.50. The Morgan fingerprint density at radius 2 is 2.11 bits per heavy atom. The monoisotopic (exact) mass is 281 g/mol. The van der Waals surface area contributed by atoms with E-state index < -0.39 is 0 Å². The molecule has 2 N–H and O–H groups in total. The summed E-state index contributed by atoms with van der Waals surface area (Å²) in [5.41, 5.74) is 0.379. The lowest BCUT2D eigenvalue weighted by atomic mass is 9.79. The maximum absolute atomic E-state index is 4.46. The predicted molar refractivity (Wildman–Crippen MR) is 82.8 cm³/mol. The Hall–Kier alpha value is -0.450. The van der Waals surface area contributed by atoms with Crippen LogP contribution < -0.4 is 10.6 Å². The minimum absolute atomic E-state index is 0.371. The zero-order chi connectivity index (χ0) is 13.7. The van der Waals surface area contributed by atoms with Crippen molar-refractivity contribution in [3.05, 3.63) is 16.1 Å². The van der Waals surface area contributed by atoms with Gasteiger partial charge < -0.3 is 10.6 Å². The van der Waals surface area contributed by atoms with Gasteiger partial charge in [0, 0.05) is 16.6 Å².